The van der Waals surface area contributed by atoms with Crippen molar-refractivity contribution >= 4 is 33.6 Å². The van der Waals surface area contributed by atoms with Crippen molar-refractivity contribution in [3.63, 3.8) is 0 Å². The number of benzene rings is 1. The summed E-state index contributed by atoms with van der Waals surface area (Å²) in [6.07, 6.45) is 0. The van der Waals surface area contributed by atoms with Gasteiger partial charge < -0.3 is 20.0 Å². The SMILES string of the molecule is O=C(O)c1cc2ccc(NCS(=O)O)cc2[nH]1. The number of hydrogen-bond donors (Lipinski definition) is 4. The van der Waals surface area contributed by atoms with Crippen molar-refractivity contribution in [2.24, 2.45) is 0 Å². The van der Waals surface area contributed by atoms with Crippen LogP contribution in [0.3, 0.4) is 0 Å². The van der Waals surface area contributed by atoms with Gasteiger partial charge in [0.25, 0.3) is 0 Å². The van der Waals surface area contributed by atoms with Gasteiger partial charge in [-0.25, -0.2) is 9.00 Å². The number of anilines is 1. The maximum absolute atomic E-state index is 10.8. The van der Waals surface area contributed by atoms with Crippen LogP contribution < -0.4 is 5.32 Å². The van der Waals surface area contributed by atoms with E-state index in [9.17, 15) is 9.00 Å². The summed E-state index contributed by atoms with van der Waals surface area (Å²) >= 11 is -1.92. The number of aromatic amines is 1. The number of carbonyl (C=O) groups is 1. The summed E-state index contributed by atoms with van der Waals surface area (Å²) in [5.41, 5.74) is 1.43. The first-order chi connectivity index (χ1) is 8.06. The lowest BCUT2D eigenvalue weighted by Crippen LogP contribution is -2.06. The summed E-state index contributed by atoms with van der Waals surface area (Å²) in [6, 6.07) is 6.68. The Hall–Kier alpha value is -1.86. The van der Waals surface area contributed by atoms with E-state index in [0.717, 1.165) is 5.39 Å². The number of nitrogens with one attached hydrogen (secondary N) is 2. The van der Waals surface area contributed by atoms with Gasteiger partial charge in [-0.2, -0.15) is 0 Å². The molecular weight excluding hydrogens is 244 g/mol. The molecule has 1 heterocycles. The number of rotatable bonds is 4. The van der Waals surface area contributed by atoms with Crippen molar-refractivity contribution < 1.29 is 18.7 Å². The van der Waals surface area contributed by atoms with E-state index in [1.165, 1.54) is 6.07 Å². The van der Waals surface area contributed by atoms with Gasteiger partial charge in [0.2, 0.25) is 0 Å². The molecule has 90 valence electrons. The van der Waals surface area contributed by atoms with E-state index in [0.29, 0.717) is 11.2 Å². The fourth-order valence-corrected chi connectivity index (χ4v) is 1.79. The zero-order valence-electron chi connectivity index (χ0n) is 8.64. The first kappa shape index (κ1) is 11.6. The number of aromatic carboxylic acids is 1. The van der Waals surface area contributed by atoms with Gasteiger partial charge in [-0.1, -0.05) is 6.07 Å². The standard InChI is InChI=1S/C10H10N2O4S/c13-10(14)9-3-6-1-2-7(4-8(6)12-9)11-5-17(15)16/h1-4,11-12H,5H2,(H,13,14)(H,15,16). The molecule has 0 radical (unpaired) electrons. The van der Waals surface area contributed by atoms with E-state index >= 15 is 0 Å². The summed E-state index contributed by atoms with van der Waals surface area (Å²) in [5, 5.41) is 12.3. The number of hydrogen-bond acceptors (Lipinski definition) is 3. The molecule has 1 aromatic heterocycles. The van der Waals surface area contributed by atoms with Crippen LogP contribution in [0.15, 0.2) is 24.3 Å². The topological polar surface area (TPSA) is 102 Å². The van der Waals surface area contributed by atoms with Gasteiger partial charge >= 0.3 is 5.97 Å². The number of carboxylic acids is 1. The van der Waals surface area contributed by atoms with E-state index in [-0.39, 0.29) is 11.6 Å². The lowest BCUT2D eigenvalue weighted by molar-refractivity contribution is 0.0691. The highest BCUT2D eigenvalue weighted by molar-refractivity contribution is 7.79. The molecular formula is C10H10N2O4S. The van der Waals surface area contributed by atoms with Gasteiger partial charge in [0, 0.05) is 16.6 Å². The summed E-state index contributed by atoms with van der Waals surface area (Å²) < 4.78 is 19.1. The third-order valence-electron chi connectivity index (χ3n) is 2.25. The van der Waals surface area contributed by atoms with Gasteiger partial charge in [0.1, 0.15) is 11.6 Å². The Morgan fingerprint density at radius 1 is 1.41 bits per heavy atom. The second-order valence-corrected chi connectivity index (χ2v) is 4.36. The Bertz CT molecular complexity index is 593. The molecule has 4 N–H and O–H groups in total. The molecule has 2 rings (SSSR count). The van der Waals surface area contributed by atoms with E-state index in [2.05, 4.69) is 10.3 Å². The molecule has 0 aliphatic heterocycles. The Labute approximate surface area is 98.9 Å². The minimum Gasteiger partial charge on any atom is -0.477 e. The van der Waals surface area contributed by atoms with Crippen LogP contribution in [0, 0.1) is 0 Å². The summed E-state index contributed by atoms with van der Waals surface area (Å²) in [7, 11) is 0. The normalized spacial score (nSPS) is 12.5. The summed E-state index contributed by atoms with van der Waals surface area (Å²) in [6.45, 7) is 0. The second-order valence-electron chi connectivity index (χ2n) is 3.43. The van der Waals surface area contributed by atoms with Crippen molar-refractivity contribution in [3.05, 3.63) is 30.0 Å². The summed E-state index contributed by atoms with van der Waals surface area (Å²) in [4.78, 5) is 13.5. The van der Waals surface area contributed by atoms with Crippen LogP contribution in [0.5, 0.6) is 0 Å². The highest BCUT2D eigenvalue weighted by Crippen LogP contribution is 2.19. The minimum absolute atomic E-state index is 0.0714. The molecule has 0 bridgehead atoms. The molecule has 7 heteroatoms. The van der Waals surface area contributed by atoms with E-state index in [1.54, 1.807) is 18.2 Å². The highest BCUT2D eigenvalue weighted by Gasteiger charge is 2.07. The molecule has 0 saturated heterocycles. The predicted molar refractivity (Wildman–Crippen MR) is 64.5 cm³/mol. The van der Waals surface area contributed by atoms with Crippen molar-refractivity contribution in [1.82, 2.24) is 4.98 Å². The first-order valence-corrected chi connectivity index (χ1v) is 6.01. The van der Waals surface area contributed by atoms with Crippen LogP contribution in [-0.4, -0.2) is 30.7 Å². The van der Waals surface area contributed by atoms with Crippen LogP contribution in [0.1, 0.15) is 10.5 Å². The van der Waals surface area contributed by atoms with Crippen LogP contribution in [0.2, 0.25) is 0 Å². The summed E-state index contributed by atoms with van der Waals surface area (Å²) in [5.74, 6) is -1.09. The molecule has 1 unspecified atom stereocenters. The van der Waals surface area contributed by atoms with Crippen molar-refractivity contribution in [1.29, 1.82) is 0 Å². The fourth-order valence-electron chi connectivity index (χ4n) is 1.50. The Balaban J connectivity index is 2.30. The smallest absolute Gasteiger partial charge is 0.352 e. The average Bonchev–Trinajstić information content (AvgIpc) is 2.69. The zero-order valence-corrected chi connectivity index (χ0v) is 9.45. The quantitative estimate of drug-likeness (QED) is 0.618. The van der Waals surface area contributed by atoms with E-state index in [4.69, 9.17) is 9.66 Å². The average molecular weight is 254 g/mol. The predicted octanol–water partition coefficient (Wildman–Crippen LogP) is 1.46. The maximum Gasteiger partial charge on any atom is 0.352 e. The molecule has 0 spiro atoms. The van der Waals surface area contributed by atoms with Gasteiger partial charge in [-0.15, -0.1) is 0 Å². The third-order valence-corrected chi connectivity index (χ3v) is 2.64. The molecule has 0 aliphatic carbocycles. The molecule has 6 nitrogen and oxygen atoms in total. The molecule has 0 fully saturated rings. The third kappa shape index (κ3) is 2.63. The Kier molecular flexibility index (Phi) is 3.12. The fraction of sp³-hybridized carbons (Fsp3) is 0.100. The van der Waals surface area contributed by atoms with Gasteiger partial charge in [0.15, 0.2) is 11.1 Å². The van der Waals surface area contributed by atoms with Crippen molar-refractivity contribution in [2.45, 2.75) is 0 Å². The van der Waals surface area contributed by atoms with Crippen molar-refractivity contribution in [3.8, 4) is 0 Å². The molecule has 0 amide bonds. The second kappa shape index (κ2) is 4.56. The van der Waals surface area contributed by atoms with Gasteiger partial charge in [0.05, 0.1) is 0 Å². The van der Waals surface area contributed by atoms with Crippen LogP contribution in [0.4, 0.5) is 5.69 Å². The molecule has 17 heavy (non-hydrogen) atoms. The largest absolute Gasteiger partial charge is 0.477 e. The number of fused-ring (bicyclic) bond motifs is 1. The van der Waals surface area contributed by atoms with Gasteiger partial charge in [-0.05, 0) is 18.2 Å². The lowest BCUT2D eigenvalue weighted by Gasteiger charge is -2.02. The highest BCUT2D eigenvalue weighted by atomic mass is 32.2. The number of H-pyrrole nitrogens is 1. The van der Waals surface area contributed by atoms with Crippen molar-refractivity contribution in [2.75, 3.05) is 11.2 Å². The first-order valence-electron chi connectivity index (χ1n) is 4.73. The van der Waals surface area contributed by atoms with Crippen LogP contribution >= 0.6 is 0 Å². The lowest BCUT2D eigenvalue weighted by atomic mass is 10.2. The minimum atomic E-state index is -1.92. The molecule has 0 saturated carbocycles. The number of aromatic nitrogens is 1. The monoisotopic (exact) mass is 254 g/mol. The number of carboxylic acid groups (broad SMARTS) is 1. The zero-order chi connectivity index (χ0) is 12.4. The van der Waals surface area contributed by atoms with Gasteiger partial charge in [-0.3, -0.25) is 0 Å². The molecule has 0 aliphatic rings. The molecule has 1 aromatic carbocycles. The van der Waals surface area contributed by atoms with E-state index < -0.39 is 17.0 Å². The molecule has 2 aromatic rings. The van der Waals surface area contributed by atoms with Crippen LogP contribution in [0.25, 0.3) is 10.9 Å². The Morgan fingerprint density at radius 3 is 2.82 bits per heavy atom. The maximum atomic E-state index is 10.8. The Morgan fingerprint density at radius 2 is 2.18 bits per heavy atom. The van der Waals surface area contributed by atoms with E-state index in [1.807, 2.05) is 0 Å². The molecule has 1 atom stereocenters. The van der Waals surface area contributed by atoms with Crippen LogP contribution in [-0.2, 0) is 11.1 Å².